The SMILES string of the molecule is CCC1CCCC(OCCNC(C)c2cccs2)C1. The Balaban J connectivity index is 1.59. The zero-order chi connectivity index (χ0) is 13.5. The molecule has 1 aromatic rings. The van der Waals surface area contributed by atoms with Crippen molar-refractivity contribution in [1.82, 2.24) is 5.32 Å². The van der Waals surface area contributed by atoms with Crippen LogP contribution in [0.3, 0.4) is 0 Å². The fourth-order valence-corrected chi connectivity index (χ4v) is 3.66. The van der Waals surface area contributed by atoms with Crippen molar-refractivity contribution in [1.29, 1.82) is 0 Å². The average Bonchev–Trinajstić information content (AvgIpc) is 2.98. The van der Waals surface area contributed by atoms with Gasteiger partial charge in [-0.15, -0.1) is 11.3 Å². The molecule has 0 spiro atoms. The minimum atomic E-state index is 0.443. The summed E-state index contributed by atoms with van der Waals surface area (Å²) >= 11 is 1.82. The van der Waals surface area contributed by atoms with Gasteiger partial charge in [0, 0.05) is 17.5 Å². The molecule has 1 N–H and O–H groups in total. The Hall–Kier alpha value is -0.380. The Labute approximate surface area is 121 Å². The quantitative estimate of drug-likeness (QED) is 0.749. The van der Waals surface area contributed by atoms with E-state index >= 15 is 0 Å². The monoisotopic (exact) mass is 281 g/mol. The fraction of sp³-hybridized carbons (Fsp3) is 0.750. The first kappa shape index (κ1) is 15.0. The van der Waals surface area contributed by atoms with Crippen molar-refractivity contribution in [2.75, 3.05) is 13.2 Å². The summed E-state index contributed by atoms with van der Waals surface area (Å²) in [6.45, 7) is 6.32. The minimum absolute atomic E-state index is 0.443. The predicted molar refractivity (Wildman–Crippen MR) is 82.7 cm³/mol. The number of rotatable bonds is 7. The first-order chi connectivity index (χ1) is 9.29. The number of ether oxygens (including phenoxy) is 1. The maximum absolute atomic E-state index is 6.02. The van der Waals surface area contributed by atoms with Gasteiger partial charge in [-0.2, -0.15) is 0 Å². The molecule has 0 amide bonds. The summed E-state index contributed by atoms with van der Waals surface area (Å²) in [6, 6.07) is 4.75. The lowest BCUT2D eigenvalue weighted by atomic mass is 9.85. The summed E-state index contributed by atoms with van der Waals surface area (Å²) in [5, 5.41) is 5.67. The Morgan fingerprint density at radius 3 is 3.11 bits per heavy atom. The third kappa shape index (κ3) is 4.90. The summed E-state index contributed by atoms with van der Waals surface area (Å²) in [6.07, 6.45) is 7.12. The van der Waals surface area contributed by atoms with Gasteiger partial charge in [0.1, 0.15) is 0 Å². The molecule has 0 saturated heterocycles. The van der Waals surface area contributed by atoms with Crippen LogP contribution in [0.2, 0.25) is 0 Å². The summed E-state index contributed by atoms with van der Waals surface area (Å²) in [5.41, 5.74) is 0. The fourth-order valence-electron chi connectivity index (χ4n) is 2.90. The van der Waals surface area contributed by atoms with E-state index in [4.69, 9.17) is 4.74 Å². The number of hydrogen-bond donors (Lipinski definition) is 1. The van der Waals surface area contributed by atoms with Crippen molar-refractivity contribution in [3.8, 4) is 0 Å². The van der Waals surface area contributed by atoms with Crippen molar-refractivity contribution >= 4 is 11.3 Å². The molecule has 1 aliphatic rings. The third-order valence-electron chi connectivity index (χ3n) is 4.19. The number of thiophene rings is 1. The van der Waals surface area contributed by atoms with E-state index in [-0.39, 0.29) is 0 Å². The molecule has 3 unspecified atom stereocenters. The van der Waals surface area contributed by atoms with Gasteiger partial charge < -0.3 is 10.1 Å². The maximum atomic E-state index is 6.02. The summed E-state index contributed by atoms with van der Waals surface area (Å²) in [4.78, 5) is 1.41. The van der Waals surface area contributed by atoms with E-state index in [1.165, 1.54) is 37.0 Å². The molecule has 0 bridgehead atoms. The zero-order valence-corrected chi connectivity index (χ0v) is 13.0. The van der Waals surface area contributed by atoms with Crippen molar-refractivity contribution < 1.29 is 4.74 Å². The molecule has 108 valence electrons. The molecule has 1 aromatic heterocycles. The molecule has 1 saturated carbocycles. The number of hydrogen-bond acceptors (Lipinski definition) is 3. The van der Waals surface area contributed by atoms with Crippen LogP contribution >= 0.6 is 11.3 Å². The molecule has 19 heavy (non-hydrogen) atoms. The first-order valence-electron chi connectivity index (χ1n) is 7.68. The lowest BCUT2D eigenvalue weighted by molar-refractivity contribution is 0.0136. The Morgan fingerprint density at radius 2 is 2.37 bits per heavy atom. The molecule has 0 aromatic carbocycles. The van der Waals surface area contributed by atoms with E-state index in [2.05, 4.69) is 36.7 Å². The van der Waals surface area contributed by atoms with Crippen LogP contribution in [-0.2, 0) is 4.74 Å². The van der Waals surface area contributed by atoms with E-state index in [1.807, 2.05) is 11.3 Å². The lowest BCUT2D eigenvalue weighted by Crippen LogP contribution is -2.28. The molecule has 2 rings (SSSR count). The van der Waals surface area contributed by atoms with Gasteiger partial charge in [0.15, 0.2) is 0 Å². The summed E-state index contributed by atoms with van der Waals surface area (Å²) < 4.78 is 6.02. The highest BCUT2D eigenvalue weighted by Gasteiger charge is 2.20. The van der Waals surface area contributed by atoms with Crippen molar-refractivity contribution in [2.45, 2.75) is 58.1 Å². The molecule has 1 heterocycles. The highest BCUT2D eigenvalue weighted by molar-refractivity contribution is 7.10. The largest absolute Gasteiger partial charge is 0.377 e. The topological polar surface area (TPSA) is 21.3 Å². The van der Waals surface area contributed by atoms with E-state index in [0.717, 1.165) is 19.1 Å². The van der Waals surface area contributed by atoms with Gasteiger partial charge in [0.25, 0.3) is 0 Å². The van der Waals surface area contributed by atoms with Crippen LogP contribution in [0.5, 0.6) is 0 Å². The average molecular weight is 281 g/mol. The van der Waals surface area contributed by atoms with Gasteiger partial charge in [-0.1, -0.05) is 32.3 Å². The molecule has 3 heteroatoms. The Kier molecular flexibility index (Phi) is 6.35. The molecule has 1 aliphatic carbocycles. The van der Waals surface area contributed by atoms with Crippen molar-refractivity contribution in [3.63, 3.8) is 0 Å². The molecule has 0 radical (unpaired) electrons. The van der Waals surface area contributed by atoms with Gasteiger partial charge in [0.05, 0.1) is 12.7 Å². The normalized spacial score (nSPS) is 25.4. The van der Waals surface area contributed by atoms with E-state index in [9.17, 15) is 0 Å². The van der Waals surface area contributed by atoms with E-state index in [1.54, 1.807) is 0 Å². The van der Waals surface area contributed by atoms with Gasteiger partial charge in [0.2, 0.25) is 0 Å². The first-order valence-corrected chi connectivity index (χ1v) is 8.56. The molecular formula is C16H27NOS. The minimum Gasteiger partial charge on any atom is -0.377 e. The second-order valence-electron chi connectivity index (χ2n) is 5.62. The lowest BCUT2D eigenvalue weighted by Gasteiger charge is -2.28. The van der Waals surface area contributed by atoms with Crippen molar-refractivity contribution in [3.05, 3.63) is 22.4 Å². The standard InChI is InChI=1S/C16H27NOS/c1-3-14-6-4-7-15(12-14)18-10-9-17-13(2)16-8-5-11-19-16/h5,8,11,13-15,17H,3-4,6-7,9-10,12H2,1-2H3. The second kappa shape index (κ2) is 8.03. The van der Waals surface area contributed by atoms with Gasteiger partial charge in [-0.25, -0.2) is 0 Å². The van der Waals surface area contributed by atoms with Gasteiger partial charge in [-0.3, -0.25) is 0 Å². The summed E-state index contributed by atoms with van der Waals surface area (Å²) in [5.74, 6) is 0.900. The van der Waals surface area contributed by atoms with Crippen LogP contribution in [0, 0.1) is 5.92 Å². The van der Waals surface area contributed by atoms with Gasteiger partial charge >= 0.3 is 0 Å². The van der Waals surface area contributed by atoms with E-state index < -0.39 is 0 Å². The molecule has 1 fully saturated rings. The Bertz CT molecular complexity index is 339. The molecule has 0 aliphatic heterocycles. The van der Waals surface area contributed by atoms with Crippen LogP contribution in [0.25, 0.3) is 0 Å². The van der Waals surface area contributed by atoms with Crippen molar-refractivity contribution in [2.24, 2.45) is 5.92 Å². The van der Waals surface area contributed by atoms with Gasteiger partial charge in [-0.05, 0) is 37.1 Å². The zero-order valence-electron chi connectivity index (χ0n) is 12.2. The Morgan fingerprint density at radius 1 is 1.47 bits per heavy atom. The van der Waals surface area contributed by atoms with Crippen LogP contribution in [0.4, 0.5) is 0 Å². The third-order valence-corrected chi connectivity index (χ3v) is 5.24. The second-order valence-corrected chi connectivity index (χ2v) is 6.60. The number of nitrogens with one attached hydrogen (secondary N) is 1. The van der Waals surface area contributed by atoms with Crippen LogP contribution in [0.15, 0.2) is 17.5 Å². The molecule has 3 atom stereocenters. The molecular weight excluding hydrogens is 254 g/mol. The smallest absolute Gasteiger partial charge is 0.0594 e. The highest BCUT2D eigenvalue weighted by atomic mass is 32.1. The molecule has 2 nitrogen and oxygen atoms in total. The van der Waals surface area contributed by atoms with Crippen LogP contribution in [0.1, 0.15) is 56.9 Å². The summed E-state index contributed by atoms with van der Waals surface area (Å²) in [7, 11) is 0. The van der Waals surface area contributed by atoms with E-state index in [0.29, 0.717) is 12.1 Å². The maximum Gasteiger partial charge on any atom is 0.0594 e. The predicted octanol–water partition coefficient (Wildman–Crippen LogP) is 4.38. The van der Waals surface area contributed by atoms with Crippen LogP contribution in [-0.4, -0.2) is 19.3 Å². The van der Waals surface area contributed by atoms with Crippen LogP contribution < -0.4 is 5.32 Å². The highest BCUT2D eigenvalue weighted by Crippen LogP contribution is 2.28.